The fraction of sp³-hybridized carbons (Fsp3) is 0.462. The third-order valence-electron chi connectivity index (χ3n) is 2.28. The zero-order valence-corrected chi connectivity index (χ0v) is 10.4. The first-order valence-corrected chi connectivity index (χ1v) is 5.86. The number of benzene rings is 1. The fourth-order valence-electron chi connectivity index (χ4n) is 1.57. The van der Waals surface area contributed by atoms with Crippen LogP contribution in [0, 0.1) is 0 Å². The van der Waals surface area contributed by atoms with Crippen LogP contribution in [0.4, 0.5) is 0 Å². The van der Waals surface area contributed by atoms with Gasteiger partial charge in [-0.05, 0) is 25.8 Å². The molecule has 1 rings (SSSR count). The van der Waals surface area contributed by atoms with Crippen molar-refractivity contribution in [2.75, 3.05) is 6.61 Å². The molecule has 4 N–H and O–H groups in total. The number of nitrogens with one attached hydrogen (secondary N) is 1. The summed E-state index contributed by atoms with van der Waals surface area (Å²) in [5, 5.41) is 12.3. The minimum absolute atomic E-state index is 0.00459. The second-order valence-corrected chi connectivity index (χ2v) is 4.34. The molecule has 0 saturated heterocycles. The number of aliphatic hydroxyl groups is 1. The molecular weight excluding hydrogens is 214 g/mol. The molecule has 0 saturated carbocycles. The lowest BCUT2D eigenvalue weighted by molar-refractivity contribution is 0.266. The molecule has 0 amide bonds. The molecule has 1 aromatic carbocycles. The Morgan fingerprint density at radius 1 is 1.35 bits per heavy atom. The first-order valence-electron chi connectivity index (χ1n) is 5.86. The van der Waals surface area contributed by atoms with Crippen LogP contribution in [0.3, 0.4) is 0 Å². The number of guanidine groups is 1. The molecule has 4 heteroatoms. The Morgan fingerprint density at radius 2 is 2.00 bits per heavy atom. The molecule has 0 aromatic heterocycles. The van der Waals surface area contributed by atoms with Crippen LogP contribution < -0.4 is 11.1 Å². The van der Waals surface area contributed by atoms with E-state index in [2.05, 4.69) is 10.3 Å². The lowest BCUT2D eigenvalue weighted by Crippen LogP contribution is -2.38. The van der Waals surface area contributed by atoms with Crippen molar-refractivity contribution < 1.29 is 5.11 Å². The van der Waals surface area contributed by atoms with Gasteiger partial charge in [-0.3, -0.25) is 0 Å². The molecule has 0 radical (unpaired) electrons. The normalized spacial score (nSPS) is 13.8. The van der Waals surface area contributed by atoms with Gasteiger partial charge in [0.2, 0.25) is 0 Å². The molecule has 94 valence electrons. The average Bonchev–Trinajstić information content (AvgIpc) is 2.28. The lowest BCUT2D eigenvalue weighted by atomic mass is 10.1. The molecule has 0 aliphatic heterocycles. The summed E-state index contributed by atoms with van der Waals surface area (Å²) in [5.74, 6) is 0.384. The van der Waals surface area contributed by atoms with Crippen molar-refractivity contribution >= 4 is 5.96 Å². The van der Waals surface area contributed by atoms with E-state index in [1.54, 1.807) is 0 Å². The van der Waals surface area contributed by atoms with Crippen molar-refractivity contribution in [2.45, 2.75) is 32.4 Å². The van der Waals surface area contributed by atoms with Crippen molar-refractivity contribution in [3.8, 4) is 0 Å². The van der Waals surface area contributed by atoms with Crippen LogP contribution in [0.15, 0.2) is 35.3 Å². The SMILES string of the molecule is CC(C)NC(N)=NC(CO)Cc1ccccc1. The summed E-state index contributed by atoms with van der Waals surface area (Å²) >= 11 is 0. The van der Waals surface area contributed by atoms with Gasteiger partial charge in [-0.25, -0.2) is 4.99 Å². The number of nitrogens with two attached hydrogens (primary N) is 1. The van der Waals surface area contributed by atoms with Gasteiger partial charge >= 0.3 is 0 Å². The monoisotopic (exact) mass is 235 g/mol. The number of aliphatic imine (C=N–C) groups is 1. The Labute approximate surface area is 103 Å². The highest BCUT2D eigenvalue weighted by atomic mass is 16.3. The second-order valence-electron chi connectivity index (χ2n) is 4.34. The van der Waals surface area contributed by atoms with Crippen LogP contribution in [0.25, 0.3) is 0 Å². The molecule has 0 aliphatic rings. The summed E-state index contributed by atoms with van der Waals surface area (Å²) in [5.41, 5.74) is 6.88. The molecule has 4 nitrogen and oxygen atoms in total. The van der Waals surface area contributed by atoms with E-state index < -0.39 is 0 Å². The van der Waals surface area contributed by atoms with Crippen LogP contribution in [0.5, 0.6) is 0 Å². The van der Waals surface area contributed by atoms with E-state index in [9.17, 15) is 5.11 Å². The van der Waals surface area contributed by atoms with Gasteiger partial charge in [0, 0.05) is 6.04 Å². The largest absolute Gasteiger partial charge is 0.394 e. The van der Waals surface area contributed by atoms with E-state index in [0.717, 1.165) is 5.56 Å². The van der Waals surface area contributed by atoms with E-state index in [4.69, 9.17) is 5.73 Å². The summed E-state index contributed by atoms with van der Waals surface area (Å²) in [6.45, 7) is 3.98. The van der Waals surface area contributed by atoms with Crippen LogP contribution in [0.2, 0.25) is 0 Å². The van der Waals surface area contributed by atoms with Gasteiger partial charge in [0.05, 0.1) is 12.6 Å². The van der Waals surface area contributed by atoms with Crippen molar-refractivity contribution in [1.29, 1.82) is 0 Å². The minimum Gasteiger partial charge on any atom is -0.394 e. The van der Waals surface area contributed by atoms with Gasteiger partial charge in [-0.1, -0.05) is 30.3 Å². The molecule has 1 atom stereocenters. The maximum atomic E-state index is 9.28. The van der Waals surface area contributed by atoms with Crippen LogP contribution in [-0.4, -0.2) is 29.8 Å². The molecule has 1 aromatic rings. The number of rotatable bonds is 5. The predicted molar refractivity (Wildman–Crippen MR) is 70.9 cm³/mol. The number of hydrogen-bond acceptors (Lipinski definition) is 2. The highest BCUT2D eigenvalue weighted by Crippen LogP contribution is 2.05. The van der Waals surface area contributed by atoms with E-state index in [0.29, 0.717) is 12.4 Å². The first-order chi connectivity index (χ1) is 8.11. The smallest absolute Gasteiger partial charge is 0.189 e. The quantitative estimate of drug-likeness (QED) is 0.524. The minimum atomic E-state index is -0.191. The van der Waals surface area contributed by atoms with Crippen LogP contribution in [0.1, 0.15) is 19.4 Å². The average molecular weight is 235 g/mol. The summed E-state index contributed by atoms with van der Waals surface area (Å²) in [6, 6.07) is 10.0. The van der Waals surface area contributed by atoms with E-state index in [1.807, 2.05) is 44.2 Å². The third kappa shape index (κ3) is 5.36. The Morgan fingerprint density at radius 3 is 2.53 bits per heavy atom. The Balaban J connectivity index is 2.60. The van der Waals surface area contributed by atoms with E-state index >= 15 is 0 Å². The third-order valence-corrected chi connectivity index (χ3v) is 2.28. The maximum Gasteiger partial charge on any atom is 0.189 e. The van der Waals surface area contributed by atoms with E-state index in [1.165, 1.54) is 0 Å². The van der Waals surface area contributed by atoms with Crippen LogP contribution in [-0.2, 0) is 6.42 Å². The van der Waals surface area contributed by atoms with Crippen molar-refractivity contribution in [3.63, 3.8) is 0 Å². The molecule has 17 heavy (non-hydrogen) atoms. The van der Waals surface area contributed by atoms with Gasteiger partial charge in [-0.2, -0.15) is 0 Å². The summed E-state index contributed by atoms with van der Waals surface area (Å²) in [7, 11) is 0. The summed E-state index contributed by atoms with van der Waals surface area (Å²) in [6.07, 6.45) is 0.692. The zero-order chi connectivity index (χ0) is 12.7. The molecule has 1 unspecified atom stereocenters. The standard InChI is InChI=1S/C13H21N3O/c1-10(2)15-13(14)16-12(9-17)8-11-6-4-3-5-7-11/h3-7,10,12,17H,8-9H2,1-2H3,(H3,14,15,16). The van der Waals surface area contributed by atoms with Crippen molar-refractivity contribution in [3.05, 3.63) is 35.9 Å². The molecule has 0 spiro atoms. The Bertz CT molecular complexity index is 349. The highest BCUT2D eigenvalue weighted by Gasteiger charge is 2.07. The Hall–Kier alpha value is -1.55. The van der Waals surface area contributed by atoms with Gasteiger partial charge in [0.25, 0.3) is 0 Å². The lowest BCUT2D eigenvalue weighted by Gasteiger charge is -2.13. The number of hydrogen-bond donors (Lipinski definition) is 3. The van der Waals surface area contributed by atoms with Gasteiger partial charge in [0.1, 0.15) is 0 Å². The Kier molecular flexibility index (Phi) is 5.49. The number of nitrogens with zero attached hydrogens (tertiary/aromatic N) is 1. The highest BCUT2D eigenvalue weighted by molar-refractivity contribution is 5.78. The molecule has 0 heterocycles. The fourth-order valence-corrected chi connectivity index (χ4v) is 1.57. The van der Waals surface area contributed by atoms with Crippen molar-refractivity contribution in [1.82, 2.24) is 5.32 Å². The topological polar surface area (TPSA) is 70.6 Å². The van der Waals surface area contributed by atoms with Crippen LogP contribution >= 0.6 is 0 Å². The number of aliphatic hydroxyl groups excluding tert-OH is 1. The molecular formula is C13H21N3O. The van der Waals surface area contributed by atoms with Gasteiger partial charge < -0.3 is 16.2 Å². The molecule has 0 aliphatic carbocycles. The summed E-state index contributed by atoms with van der Waals surface area (Å²) in [4.78, 5) is 4.26. The van der Waals surface area contributed by atoms with Gasteiger partial charge in [0.15, 0.2) is 5.96 Å². The molecule has 0 bridgehead atoms. The van der Waals surface area contributed by atoms with Crippen molar-refractivity contribution in [2.24, 2.45) is 10.7 Å². The zero-order valence-electron chi connectivity index (χ0n) is 10.4. The maximum absolute atomic E-state index is 9.28. The summed E-state index contributed by atoms with van der Waals surface area (Å²) < 4.78 is 0. The first kappa shape index (κ1) is 13.5. The predicted octanol–water partition coefficient (Wildman–Crippen LogP) is 0.903. The van der Waals surface area contributed by atoms with E-state index in [-0.39, 0.29) is 18.7 Å². The second kappa shape index (κ2) is 6.91. The van der Waals surface area contributed by atoms with Gasteiger partial charge in [-0.15, -0.1) is 0 Å². The molecule has 0 fully saturated rings.